The maximum absolute atomic E-state index is 12.4. The Kier molecular flexibility index (Phi) is 5.61. The number of amides is 2. The summed E-state index contributed by atoms with van der Waals surface area (Å²) in [6.45, 7) is 1.68. The van der Waals surface area contributed by atoms with E-state index in [9.17, 15) is 14.4 Å². The molecular weight excluding hydrogens is 344 g/mol. The molecule has 2 amide bonds. The molecule has 0 spiro atoms. The molecule has 0 unspecified atom stereocenters. The van der Waals surface area contributed by atoms with Crippen molar-refractivity contribution in [2.75, 3.05) is 11.9 Å². The first-order valence-electron chi connectivity index (χ1n) is 8.66. The molecule has 0 saturated heterocycles. The molecule has 2 N–H and O–H groups in total. The number of hydrogen-bond acceptors (Lipinski definition) is 4. The number of hydrogen-bond donors (Lipinski definition) is 2. The second-order valence-electron chi connectivity index (χ2n) is 6.07. The molecule has 2 aromatic carbocycles. The van der Waals surface area contributed by atoms with Crippen molar-refractivity contribution < 1.29 is 9.59 Å². The number of nitrogens with zero attached hydrogens (tertiary/aromatic N) is 2. The Balaban J connectivity index is 1.55. The summed E-state index contributed by atoms with van der Waals surface area (Å²) in [6.07, 6.45) is 2.26. The number of aryl methyl sites for hydroxylation is 1. The van der Waals surface area contributed by atoms with Crippen LogP contribution in [0.4, 0.5) is 5.69 Å². The van der Waals surface area contributed by atoms with Crippen molar-refractivity contribution in [2.24, 2.45) is 0 Å². The van der Waals surface area contributed by atoms with Crippen LogP contribution in [0, 0.1) is 0 Å². The van der Waals surface area contributed by atoms with Gasteiger partial charge in [0.15, 0.2) is 0 Å². The van der Waals surface area contributed by atoms with Gasteiger partial charge in [0.25, 0.3) is 5.56 Å². The minimum Gasteiger partial charge on any atom is -0.345 e. The Morgan fingerprint density at radius 1 is 1.04 bits per heavy atom. The Labute approximate surface area is 156 Å². The van der Waals surface area contributed by atoms with Crippen molar-refractivity contribution in [2.45, 2.75) is 19.9 Å². The number of para-hydroxylation sites is 1. The van der Waals surface area contributed by atoms with Crippen LogP contribution in [0.25, 0.3) is 10.9 Å². The van der Waals surface area contributed by atoms with E-state index in [1.54, 1.807) is 24.3 Å². The largest absolute Gasteiger partial charge is 0.345 e. The molecule has 0 fully saturated rings. The van der Waals surface area contributed by atoms with Crippen LogP contribution in [-0.2, 0) is 22.6 Å². The summed E-state index contributed by atoms with van der Waals surface area (Å²) >= 11 is 0. The van der Waals surface area contributed by atoms with Gasteiger partial charge in [0, 0.05) is 5.69 Å². The lowest BCUT2D eigenvalue weighted by Crippen LogP contribution is -2.37. The monoisotopic (exact) mass is 364 g/mol. The fourth-order valence-corrected chi connectivity index (χ4v) is 2.64. The number of carbonyl (C=O) groups excluding carboxylic acids is 2. The van der Waals surface area contributed by atoms with Crippen LogP contribution in [0.1, 0.15) is 12.5 Å². The average molecular weight is 364 g/mol. The number of aromatic nitrogens is 2. The SMILES string of the molecule is CCc1ccc(NC(=O)CNC(=O)Cn2cnc3ccccc3c2=O)cc1. The van der Waals surface area contributed by atoms with Gasteiger partial charge in [0.2, 0.25) is 11.8 Å². The molecule has 0 aliphatic heterocycles. The maximum atomic E-state index is 12.4. The highest BCUT2D eigenvalue weighted by atomic mass is 16.2. The molecule has 0 aliphatic rings. The molecule has 0 bridgehead atoms. The number of rotatable bonds is 6. The van der Waals surface area contributed by atoms with Gasteiger partial charge in [0.05, 0.1) is 23.8 Å². The van der Waals surface area contributed by atoms with Crippen molar-refractivity contribution in [3.05, 3.63) is 70.8 Å². The Hall–Kier alpha value is -3.48. The summed E-state index contributed by atoms with van der Waals surface area (Å²) in [5.74, 6) is -0.776. The van der Waals surface area contributed by atoms with Gasteiger partial charge in [-0.05, 0) is 36.2 Å². The highest BCUT2D eigenvalue weighted by molar-refractivity contribution is 5.94. The van der Waals surface area contributed by atoms with Crippen LogP contribution in [0.2, 0.25) is 0 Å². The first-order chi connectivity index (χ1) is 13.1. The van der Waals surface area contributed by atoms with Crippen LogP contribution in [0.3, 0.4) is 0 Å². The van der Waals surface area contributed by atoms with Gasteiger partial charge in [-0.1, -0.05) is 31.2 Å². The number of fused-ring (bicyclic) bond motifs is 1. The fourth-order valence-electron chi connectivity index (χ4n) is 2.64. The van der Waals surface area contributed by atoms with E-state index in [0.29, 0.717) is 16.6 Å². The minimum absolute atomic E-state index is 0.176. The third-order valence-electron chi connectivity index (χ3n) is 4.14. The molecule has 27 heavy (non-hydrogen) atoms. The predicted octanol–water partition coefficient (Wildman–Crippen LogP) is 1.71. The summed E-state index contributed by atoms with van der Waals surface area (Å²) in [4.78, 5) is 40.5. The number of carbonyl (C=O) groups is 2. The number of benzene rings is 2. The summed E-state index contributed by atoms with van der Waals surface area (Å²) in [6, 6.07) is 14.4. The summed E-state index contributed by atoms with van der Waals surface area (Å²) in [5, 5.41) is 5.67. The molecule has 3 aromatic rings. The van der Waals surface area contributed by atoms with E-state index >= 15 is 0 Å². The summed E-state index contributed by atoms with van der Waals surface area (Å²) in [7, 11) is 0. The van der Waals surface area contributed by atoms with E-state index in [1.165, 1.54) is 16.5 Å². The third-order valence-corrected chi connectivity index (χ3v) is 4.14. The molecule has 0 aliphatic carbocycles. The van der Waals surface area contributed by atoms with Crippen LogP contribution in [0.5, 0.6) is 0 Å². The van der Waals surface area contributed by atoms with Crippen molar-refractivity contribution in [1.29, 1.82) is 0 Å². The van der Waals surface area contributed by atoms with Crippen molar-refractivity contribution in [3.8, 4) is 0 Å². The highest BCUT2D eigenvalue weighted by Gasteiger charge is 2.09. The Morgan fingerprint density at radius 2 is 1.78 bits per heavy atom. The number of nitrogens with one attached hydrogen (secondary N) is 2. The molecule has 3 rings (SSSR count). The Morgan fingerprint density at radius 3 is 2.52 bits per heavy atom. The molecule has 7 nitrogen and oxygen atoms in total. The van der Waals surface area contributed by atoms with Crippen LogP contribution in [-0.4, -0.2) is 27.9 Å². The zero-order valence-electron chi connectivity index (χ0n) is 14.9. The molecular formula is C20H20N4O3. The van der Waals surface area contributed by atoms with E-state index in [4.69, 9.17) is 0 Å². The van der Waals surface area contributed by atoms with Gasteiger partial charge in [-0.15, -0.1) is 0 Å². The van der Waals surface area contributed by atoms with Crippen LogP contribution >= 0.6 is 0 Å². The van der Waals surface area contributed by atoms with Gasteiger partial charge >= 0.3 is 0 Å². The normalized spacial score (nSPS) is 10.6. The molecule has 1 aromatic heterocycles. The van der Waals surface area contributed by atoms with Crippen molar-refractivity contribution in [1.82, 2.24) is 14.9 Å². The second-order valence-corrected chi connectivity index (χ2v) is 6.07. The summed E-state index contributed by atoms with van der Waals surface area (Å²) in [5.41, 5.74) is 2.13. The number of anilines is 1. The molecule has 0 radical (unpaired) electrons. The fraction of sp³-hybridized carbons (Fsp3) is 0.200. The second kappa shape index (κ2) is 8.27. The molecule has 0 saturated carbocycles. The van der Waals surface area contributed by atoms with Gasteiger partial charge < -0.3 is 10.6 Å². The first kappa shape index (κ1) is 18.3. The quantitative estimate of drug-likeness (QED) is 0.696. The zero-order chi connectivity index (χ0) is 19.2. The van der Waals surface area contributed by atoms with Crippen molar-refractivity contribution >= 4 is 28.4 Å². The molecule has 138 valence electrons. The Bertz CT molecular complexity index is 1030. The van der Waals surface area contributed by atoms with Crippen LogP contribution < -0.4 is 16.2 Å². The highest BCUT2D eigenvalue weighted by Crippen LogP contribution is 2.09. The van der Waals surface area contributed by atoms with Gasteiger partial charge in [-0.2, -0.15) is 0 Å². The predicted molar refractivity (Wildman–Crippen MR) is 103 cm³/mol. The van der Waals surface area contributed by atoms with Gasteiger partial charge in [-0.3, -0.25) is 19.0 Å². The topological polar surface area (TPSA) is 93.1 Å². The first-order valence-corrected chi connectivity index (χ1v) is 8.66. The third kappa shape index (κ3) is 4.58. The summed E-state index contributed by atoms with van der Waals surface area (Å²) < 4.78 is 1.22. The lowest BCUT2D eigenvalue weighted by molar-refractivity contribution is -0.124. The smallest absolute Gasteiger partial charge is 0.261 e. The van der Waals surface area contributed by atoms with Crippen molar-refractivity contribution in [3.63, 3.8) is 0 Å². The molecule has 0 atom stereocenters. The van der Waals surface area contributed by atoms with E-state index in [-0.39, 0.29) is 24.6 Å². The maximum Gasteiger partial charge on any atom is 0.261 e. The molecule has 1 heterocycles. The standard InChI is InChI=1S/C20H20N4O3/c1-2-14-7-9-15(10-8-14)23-18(25)11-21-19(26)12-24-13-22-17-6-4-3-5-16(17)20(24)27/h3-10,13H,2,11-12H2,1H3,(H,21,26)(H,23,25). The lowest BCUT2D eigenvalue weighted by atomic mass is 10.1. The van der Waals surface area contributed by atoms with Gasteiger partial charge in [-0.25, -0.2) is 4.98 Å². The molecule has 7 heteroatoms. The average Bonchev–Trinajstić information content (AvgIpc) is 2.69. The van der Waals surface area contributed by atoms with E-state index < -0.39 is 5.91 Å². The lowest BCUT2D eigenvalue weighted by Gasteiger charge is -2.09. The van der Waals surface area contributed by atoms with Crippen LogP contribution in [0.15, 0.2) is 59.7 Å². The minimum atomic E-state index is -0.439. The zero-order valence-corrected chi connectivity index (χ0v) is 14.9. The van der Waals surface area contributed by atoms with Gasteiger partial charge in [0.1, 0.15) is 6.54 Å². The van der Waals surface area contributed by atoms with E-state index in [1.807, 2.05) is 24.3 Å². The van der Waals surface area contributed by atoms with E-state index in [2.05, 4.69) is 22.5 Å². The van der Waals surface area contributed by atoms with E-state index in [0.717, 1.165) is 6.42 Å².